The van der Waals surface area contributed by atoms with E-state index in [9.17, 15) is 13.9 Å². The van der Waals surface area contributed by atoms with Gasteiger partial charge >= 0.3 is 0 Å². The molecule has 1 N–H and O–H groups in total. The van der Waals surface area contributed by atoms with E-state index in [4.69, 9.17) is 0 Å². The Balaban J connectivity index is 2.42. The highest BCUT2D eigenvalue weighted by Crippen LogP contribution is 2.24. The molecule has 1 aromatic heterocycles. The van der Waals surface area contributed by atoms with Gasteiger partial charge in [0.05, 0.1) is 0 Å². The molecule has 2 rings (SSSR count). The Morgan fingerprint density at radius 2 is 2.13 bits per heavy atom. The molecule has 0 saturated carbocycles. The van der Waals surface area contributed by atoms with Crippen molar-refractivity contribution in [1.82, 2.24) is 9.59 Å². The van der Waals surface area contributed by atoms with Gasteiger partial charge < -0.3 is 5.11 Å². The third-order valence-corrected chi connectivity index (χ3v) is 2.46. The van der Waals surface area contributed by atoms with Crippen LogP contribution in [0, 0.1) is 11.6 Å². The minimum absolute atomic E-state index is 0.136. The SMILES string of the molecule is OC(c1csnn1)c1cccc(F)c1F. The maximum Gasteiger partial charge on any atom is 0.165 e. The molecular formula is C9H6F2N2OS. The lowest BCUT2D eigenvalue weighted by atomic mass is 10.1. The van der Waals surface area contributed by atoms with Crippen LogP contribution in [-0.2, 0) is 0 Å². The Bertz CT molecular complexity index is 461. The van der Waals surface area contributed by atoms with Crippen LogP contribution in [0.1, 0.15) is 17.4 Å². The molecule has 0 bridgehead atoms. The second-order valence-corrected chi connectivity index (χ2v) is 3.49. The second-order valence-electron chi connectivity index (χ2n) is 2.88. The molecule has 0 saturated heterocycles. The summed E-state index contributed by atoms with van der Waals surface area (Å²) >= 11 is 1.04. The van der Waals surface area contributed by atoms with Crippen molar-refractivity contribution in [2.24, 2.45) is 0 Å². The fraction of sp³-hybridized carbons (Fsp3) is 0.111. The largest absolute Gasteiger partial charge is 0.382 e. The molecule has 15 heavy (non-hydrogen) atoms. The molecule has 1 atom stereocenters. The summed E-state index contributed by atoms with van der Waals surface area (Å²) in [7, 11) is 0. The van der Waals surface area contributed by atoms with E-state index < -0.39 is 17.7 Å². The molecule has 0 amide bonds. The molecule has 3 nitrogen and oxygen atoms in total. The molecule has 0 aliphatic heterocycles. The quantitative estimate of drug-likeness (QED) is 0.853. The Morgan fingerprint density at radius 1 is 1.33 bits per heavy atom. The third-order valence-electron chi connectivity index (χ3n) is 1.93. The molecule has 0 spiro atoms. The van der Waals surface area contributed by atoms with Crippen molar-refractivity contribution in [3.8, 4) is 0 Å². The van der Waals surface area contributed by atoms with Gasteiger partial charge in [-0.15, -0.1) is 5.10 Å². The Labute approximate surface area is 88.2 Å². The van der Waals surface area contributed by atoms with Crippen LogP contribution in [0.2, 0.25) is 0 Å². The van der Waals surface area contributed by atoms with Crippen molar-refractivity contribution in [3.63, 3.8) is 0 Å². The van der Waals surface area contributed by atoms with E-state index in [0.29, 0.717) is 0 Å². The van der Waals surface area contributed by atoms with Gasteiger partial charge in [-0.05, 0) is 17.6 Å². The predicted molar refractivity (Wildman–Crippen MR) is 50.3 cm³/mol. The smallest absolute Gasteiger partial charge is 0.165 e. The van der Waals surface area contributed by atoms with Crippen LogP contribution < -0.4 is 0 Å². The summed E-state index contributed by atoms with van der Waals surface area (Å²) < 4.78 is 29.7. The van der Waals surface area contributed by atoms with Crippen LogP contribution in [0.15, 0.2) is 23.6 Å². The van der Waals surface area contributed by atoms with Gasteiger partial charge in [-0.25, -0.2) is 8.78 Å². The van der Waals surface area contributed by atoms with Crippen molar-refractivity contribution < 1.29 is 13.9 Å². The fourth-order valence-corrected chi connectivity index (χ4v) is 1.65. The number of hydrogen-bond donors (Lipinski definition) is 1. The van der Waals surface area contributed by atoms with E-state index in [2.05, 4.69) is 9.59 Å². The minimum Gasteiger partial charge on any atom is -0.382 e. The molecule has 0 aliphatic carbocycles. The summed E-state index contributed by atoms with van der Waals surface area (Å²) in [4.78, 5) is 0. The standard InChI is InChI=1S/C9H6F2N2OS/c10-6-3-1-2-5(8(6)11)9(14)7-4-15-13-12-7/h1-4,9,14H. The molecule has 6 heteroatoms. The van der Waals surface area contributed by atoms with Crippen molar-refractivity contribution in [2.75, 3.05) is 0 Å². The maximum atomic E-state index is 13.3. The van der Waals surface area contributed by atoms with Gasteiger partial charge in [-0.3, -0.25) is 0 Å². The minimum atomic E-state index is -1.28. The number of aliphatic hydroxyl groups is 1. The lowest BCUT2D eigenvalue weighted by molar-refractivity contribution is 0.208. The second kappa shape index (κ2) is 4.00. The summed E-state index contributed by atoms with van der Waals surface area (Å²) in [5.41, 5.74) is 0.0761. The van der Waals surface area contributed by atoms with E-state index in [1.165, 1.54) is 17.5 Å². The lowest BCUT2D eigenvalue weighted by Crippen LogP contribution is -2.04. The number of nitrogens with zero attached hydrogens (tertiary/aromatic N) is 2. The van der Waals surface area contributed by atoms with Crippen molar-refractivity contribution >= 4 is 11.5 Å². The topological polar surface area (TPSA) is 46.0 Å². The molecule has 1 unspecified atom stereocenters. The van der Waals surface area contributed by atoms with Gasteiger partial charge in [0.2, 0.25) is 0 Å². The highest BCUT2D eigenvalue weighted by molar-refractivity contribution is 7.03. The molecular weight excluding hydrogens is 222 g/mol. The number of hydrogen-bond acceptors (Lipinski definition) is 4. The first-order chi connectivity index (χ1) is 7.20. The van der Waals surface area contributed by atoms with E-state index in [1.54, 1.807) is 0 Å². The third kappa shape index (κ3) is 1.86. The number of halogens is 2. The van der Waals surface area contributed by atoms with Gasteiger partial charge in [0.25, 0.3) is 0 Å². The van der Waals surface area contributed by atoms with Gasteiger partial charge in [-0.1, -0.05) is 16.6 Å². The normalized spacial score (nSPS) is 12.7. The molecule has 78 valence electrons. The average molecular weight is 228 g/mol. The number of rotatable bonds is 2. The van der Waals surface area contributed by atoms with Gasteiger partial charge in [0.15, 0.2) is 11.6 Å². The van der Waals surface area contributed by atoms with Gasteiger partial charge in [-0.2, -0.15) is 0 Å². The van der Waals surface area contributed by atoms with Crippen LogP contribution >= 0.6 is 11.5 Å². The summed E-state index contributed by atoms with van der Waals surface area (Å²) in [5.74, 6) is -2.05. The molecule has 0 fully saturated rings. The first-order valence-corrected chi connectivity index (χ1v) is 4.92. The molecule has 0 aliphatic rings. The van der Waals surface area contributed by atoms with Crippen LogP contribution in [0.25, 0.3) is 0 Å². The zero-order valence-electron chi connectivity index (χ0n) is 7.39. The molecule has 0 radical (unpaired) electrons. The first-order valence-electron chi connectivity index (χ1n) is 4.09. The number of aliphatic hydroxyl groups excluding tert-OH is 1. The monoisotopic (exact) mass is 228 g/mol. The molecule has 1 heterocycles. The maximum absolute atomic E-state index is 13.3. The molecule has 2 aromatic rings. The van der Waals surface area contributed by atoms with Crippen LogP contribution in [0.5, 0.6) is 0 Å². The number of aromatic nitrogens is 2. The number of benzene rings is 1. The molecule has 1 aromatic carbocycles. The highest BCUT2D eigenvalue weighted by atomic mass is 32.1. The summed E-state index contributed by atoms with van der Waals surface area (Å²) in [6, 6.07) is 3.63. The Kier molecular flexibility index (Phi) is 2.70. The Hall–Kier alpha value is -1.40. The summed E-state index contributed by atoms with van der Waals surface area (Å²) in [5, 5.41) is 14.8. The van der Waals surface area contributed by atoms with Crippen LogP contribution in [-0.4, -0.2) is 14.7 Å². The predicted octanol–water partition coefficient (Wildman–Crippen LogP) is 1.90. The zero-order valence-corrected chi connectivity index (χ0v) is 8.21. The fourth-order valence-electron chi connectivity index (χ4n) is 1.18. The highest BCUT2D eigenvalue weighted by Gasteiger charge is 2.19. The zero-order chi connectivity index (χ0) is 10.8. The van der Waals surface area contributed by atoms with E-state index in [-0.39, 0.29) is 11.3 Å². The van der Waals surface area contributed by atoms with Gasteiger partial charge in [0, 0.05) is 10.9 Å². The van der Waals surface area contributed by atoms with Crippen molar-refractivity contribution in [1.29, 1.82) is 0 Å². The first kappa shape index (κ1) is 10.1. The van der Waals surface area contributed by atoms with E-state index in [1.807, 2.05) is 0 Å². The lowest BCUT2D eigenvalue weighted by Gasteiger charge is -2.08. The average Bonchev–Trinajstić information content (AvgIpc) is 2.74. The Morgan fingerprint density at radius 3 is 2.80 bits per heavy atom. The van der Waals surface area contributed by atoms with Crippen molar-refractivity contribution in [2.45, 2.75) is 6.10 Å². The van der Waals surface area contributed by atoms with Crippen LogP contribution in [0.4, 0.5) is 8.78 Å². The van der Waals surface area contributed by atoms with Gasteiger partial charge in [0.1, 0.15) is 11.8 Å². The van der Waals surface area contributed by atoms with E-state index >= 15 is 0 Å². The summed E-state index contributed by atoms with van der Waals surface area (Å²) in [6.45, 7) is 0. The van der Waals surface area contributed by atoms with E-state index in [0.717, 1.165) is 17.6 Å². The van der Waals surface area contributed by atoms with Crippen LogP contribution in [0.3, 0.4) is 0 Å². The summed E-state index contributed by atoms with van der Waals surface area (Å²) in [6.07, 6.45) is -1.28. The van der Waals surface area contributed by atoms with Crippen molar-refractivity contribution in [3.05, 3.63) is 46.5 Å².